The topological polar surface area (TPSA) is 55.8 Å². The second kappa shape index (κ2) is 6.10. The molecule has 2 amide bonds. The van der Waals surface area contributed by atoms with Crippen molar-refractivity contribution in [2.75, 3.05) is 44.5 Å². The van der Waals surface area contributed by atoms with Gasteiger partial charge in [0.05, 0.1) is 6.61 Å². The summed E-state index contributed by atoms with van der Waals surface area (Å²) in [6, 6.07) is 7.33. The molecule has 0 aromatic heterocycles. The molecule has 0 saturated heterocycles. The van der Waals surface area contributed by atoms with Crippen molar-refractivity contribution in [3.63, 3.8) is 0 Å². The zero-order valence-electron chi connectivity index (χ0n) is 10.5. The third-order valence-electron chi connectivity index (χ3n) is 2.42. The quantitative estimate of drug-likeness (QED) is 0.827. The van der Waals surface area contributed by atoms with Crippen LogP contribution in [0.25, 0.3) is 0 Å². The van der Waals surface area contributed by atoms with Crippen LogP contribution in [-0.4, -0.2) is 50.3 Å². The van der Waals surface area contributed by atoms with Crippen molar-refractivity contribution in [3.8, 4) is 0 Å². The molecule has 0 bridgehead atoms. The van der Waals surface area contributed by atoms with E-state index >= 15 is 0 Å². The Labute approximate surface area is 102 Å². The monoisotopic (exact) mass is 237 g/mol. The first-order valence-corrected chi connectivity index (χ1v) is 5.45. The van der Waals surface area contributed by atoms with Gasteiger partial charge in [0, 0.05) is 39.1 Å². The predicted molar refractivity (Wildman–Crippen MR) is 69.5 cm³/mol. The number of nitrogens with zero attached hydrogens (tertiary/aromatic N) is 2. The highest BCUT2D eigenvalue weighted by Gasteiger charge is 2.07. The minimum atomic E-state index is -0.225. The highest BCUT2D eigenvalue weighted by atomic mass is 16.3. The fourth-order valence-corrected chi connectivity index (χ4v) is 1.31. The van der Waals surface area contributed by atoms with Crippen molar-refractivity contribution < 1.29 is 9.90 Å². The Hall–Kier alpha value is -1.75. The number of amides is 2. The molecule has 0 aliphatic heterocycles. The van der Waals surface area contributed by atoms with Gasteiger partial charge in [-0.25, -0.2) is 4.79 Å². The average Bonchev–Trinajstić information content (AvgIpc) is 2.30. The Morgan fingerprint density at radius 2 is 1.82 bits per heavy atom. The number of hydrogen-bond acceptors (Lipinski definition) is 3. The van der Waals surface area contributed by atoms with E-state index in [0.29, 0.717) is 6.54 Å². The van der Waals surface area contributed by atoms with Gasteiger partial charge in [-0.1, -0.05) is 0 Å². The average molecular weight is 237 g/mol. The first-order chi connectivity index (χ1) is 8.04. The lowest BCUT2D eigenvalue weighted by Crippen LogP contribution is -2.33. The molecule has 0 spiro atoms. The van der Waals surface area contributed by atoms with Crippen LogP contribution >= 0.6 is 0 Å². The van der Waals surface area contributed by atoms with Gasteiger partial charge in [0.1, 0.15) is 0 Å². The van der Waals surface area contributed by atoms with Crippen LogP contribution in [0.5, 0.6) is 0 Å². The molecule has 0 heterocycles. The van der Waals surface area contributed by atoms with E-state index < -0.39 is 0 Å². The van der Waals surface area contributed by atoms with E-state index in [9.17, 15) is 4.79 Å². The molecule has 17 heavy (non-hydrogen) atoms. The van der Waals surface area contributed by atoms with Crippen LogP contribution in [0, 0.1) is 0 Å². The van der Waals surface area contributed by atoms with Gasteiger partial charge in [-0.3, -0.25) is 0 Å². The minimum absolute atomic E-state index is 0.0382. The van der Waals surface area contributed by atoms with Gasteiger partial charge in [0.25, 0.3) is 0 Å². The molecular formula is C12H19N3O2. The van der Waals surface area contributed by atoms with E-state index in [4.69, 9.17) is 5.11 Å². The summed E-state index contributed by atoms with van der Waals surface area (Å²) in [6.07, 6.45) is 0. The normalized spacial score (nSPS) is 9.88. The maximum atomic E-state index is 11.6. The molecule has 1 rings (SSSR count). The zero-order valence-corrected chi connectivity index (χ0v) is 10.5. The second-order valence-corrected chi connectivity index (χ2v) is 4.02. The molecule has 1 aromatic rings. The lowest BCUT2D eigenvalue weighted by molar-refractivity contribution is 0.202. The molecule has 1 aromatic carbocycles. The lowest BCUT2D eigenvalue weighted by Gasteiger charge is -2.17. The number of hydrogen-bond donors (Lipinski definition) is 2. The van der Waals surface area contributed by atoms with Crippen molar-refractivity contribution in [1.82, 2.24) is 4.90 Å². The molecule has 0 aliphatic carbocycles. The van der Waals surface area contributed by atoms with Gasteiger partial charge in [0.2, 0.25) is 0 Å². The number of benzene rings is 1. The van der Waals surface area contributed by atoms with Gasteiger partial charge in [-0.05, 0) is 24.3 Å². The van der Waals surface area contributed by atoms with Gasteiger partial charge in [-0.15, -0.1) is 0 Å². The molecule has 5 nitrogen and oxygen atoms in total. The van der Waals surface area contributed by atoms with Crippen molar-refractivity contribution >= 4 is 17.4 Å². The van der Waals surface area contributed by atoms with Gasteiger partial charge in [0.15, 0.2) is 0 Å². The standard InChI is InChI=1S/C12H19N3O2/c1-14(2)11-6-4-10(5-7-11)13-12(17)15(3)8-9-16/h4-7,16H,8-9H2,1-3H3,(H,13,17). The third-order valence-corrected chi connectivity index (χ3v) is 2.42. The smallest absolute Gasteiger partial charge is 0.321 e. The molecule has 94 valence electrons. The maximum absolute atomic E-state index is 11.6. The molecule has 0 saturated carbocycles. The number of aliphatic hydroxyl groups excluding tert-OH is 1. The number of nitrogens with one attached hydrogen (secondary N) is 1. The SMILES string of the molecule is CN(CCO)C(=O)Nc1ccc(N(C)C)cc1. The Bertz CT molecular complexity index is 363. The van der Waals surface area contributed by atoms with Crippen LogP contribution < -0.4 is 10.2 Å². The van der Waals surface area contributed by atoms with Crippen LogP contribution in [0.1, 0.15) is 0 Å². The Morgan fingerprint density at radius 1 is 1.24 bits per heavy atom. The molecule has 0 unspecified atom stereocenters. The van der Waals surface area contributed by atoms with E-state index in [2.05, 4.69) is 5.32 Å². The fraction of sp³-hybridized carbons (Fsp3) is 0.417. The lowest BCUT2D eigenvalue weighted by atomic mass is 10.2. The molecule has 5 heteroatoms. The van der Waals surface area contributed by atoms with Crippen LogP contribution in [-0.2, 0) is 0 Å². The van der Waals surface area contributed by atoms with Crippen molar-refractivity contribution in [3.05, 3.63) is 24.3 Å². The molecule has 0 aliphatic rings. The molecule has 2 N–H and O–H groups in total. The van der Waals surface area contributed by atoms with Crippen molar-refractivity contribution in [2.45, 2.75) is 0 Å². The molecular weight excluding hydrogens is 218 g/mol. The summed E-state index contributed by atoms with van der Waals surface area (Å²) < 4.78 is 0. The highest BCUT2D eigenvalue weighted by molar-refractivity contribution is 5.89. The summed E-state index contributed by atoms with van der Waals surface area (Å²) in [5, 5.41) is 11.5. The predicted octanol–water partition coefficient (Wildman–Crippen LogP) is 1.21. The van der Waals surface area contributed by atoms with Crippen LogP contribution in [0.15, 0.2) is 24.3 Å². The summed E-state index contributed by atoms with van der Waals surface area (Å²) in [7, 11) is 5.56. The molecule has 0 fully saturated rings. The molecule has 0 radical (unpaired) electrons. The van der Waals surface area contributed by atoms with Gasteiger partial charge >= 0.3 is 6.03 Å². The Balaban J connectivity index is 2.60. The number of rotatable bonds is 4. The summed E-state index contributed by atoms with van der Waals surface area (Å²) in [4.78, 5) is 15.0. The van der Waals surface area contributed by atoms with Crippen molar-refractivity contribution in [1.29, 1.82) is 0 Å². The largest absolute Gasteiger partial charge is 0.395 e. The summed E-state index contributed by atoms with van der Waals surface area (Å²) in [5.74, 6) is 0. The maximum Gasteiger partial charge on any atom is 0.321 e. The summed E-state index contributed by atoms with van der Waals surface area (Å²) in [5.41, 5.74) is 1.82. The van der Waals surface area contributed by atoms with Crippen LogP contribution in [0.3, 0.4) is 0 Å². The minimum Gasteiger partial charge on any atom is -0.395 e. The van der Waals surface area contributed by atoms with E-state index in [1.165, 1.54) is 4.90 Å². The number of likely N-dealkylation sites (N-methyl/N-ethyl adjacent to an activating group) is 1. The molecule has 0 atom stereocenters. The third kappa shape index (κ3) is 3.96. The van der Waals surface area contributed by atoms with E-state index in [1.54, 1.807) is 7.05 Å². The highest BCUT2D eigenvalue weighted by Crippen LogP contribution is 2.15. The zero-order chi connectivity index (χ0) is 12.8. The Morgan fingerprint density at radius 3 is 2.29 bits per heavy atom. The number of urea groups is 1. The number of aliphatic hydroxyl groups is 1. The summed E-state index contributed by atoms with van der Waals surface area (Å²) >= 11 is 0. The Kier molecular flexibility index (Phi) is 4.78. The van der Waals surface area contributed by atoms with Crippen molar-refractivity contribution in [2.24, 2.45) is 0 Å². The van der Waals surface area contributed by atoms with Gasteiger partial charge in [-0.2, -0.15) is 0 Å². The number of carbonyl (C=O) groups excluding carboxylic acids is 1. The first kappa shape index (κ1) is 13.3. The van der Waals surface area contributed by atoms with E-state index in [0.717, 1.165) is 11.4 Å². The summed E-state index contributed by atoms with van der Waals surface area (Å²) in [6.45, 7) is 0.283. The number of carbonyl (C=O) groups is 1. The number of anilines is 2. The fourth-order valence-electron chi connectivity index (χ4n) is 1.31. The first-order valence-electron chi connectivity index (χ1n) is 5.45. The van der Waals surface area contributed by atoms with Crippen LogP contribution in [0.4, 0.5) is 16.2 Å². The second-order valence-electron chi connectivity index (χ2n) is 4.02. The van der Waals surface area contributed by atoms with E-state index in [-0.39, 0.29) is 12.6 Å². The van der Waals surface area contributed by atoms with E-state index in [1.807, 2.05) is 43.3 Å². The van der Waals surface area contributed by atoms with Gasteiger partial charge < -0.3 is 20.2 Å². The van der Waals surface area contributed by atoms with Crippen LogP contribution in [0.2, 0.25) is 0 Å².